The Morgan fingerprint density at radius 1 is 1.29 bits per heavy atom. The topological polar surface area (TPSA) is 119 Å². The van der Waals surface area contributed by atoms with Crippen molar-refractivity contribution in [3.63, 3.8) is 0 Å². The van der Waals surface area contributed by atoms with Crippen LogP contribution in [0, 0.1) is 6.92 Å². The van der Waals surface area contributed by atoms with E-state index in [9.17, 15) is 14.4 Å². The monoisotopic (exact) mass is 442 g/mol. The second kappa shape index (κ2) is 7.81. The maximum atomic E-state index is 12.6. The van der Waals surface area contributed by atoms with Crippen LogP contribution in [0.3, 0.4) is 0 Å². The quantitative estimate of drug-likeness (QED) is 0.581. The van der Waals surface area contributed by atoms with E-state index in [1.54, 1.807) is 18.4 Å². The number of fused-ring (bicyclic) bond motifs is 2. The first-order valence-electron chi connectivity index (χ1n) is 9.85. The molecule has 4 rings (SSSR count). The second-order valence-corrected chi connectivity index (χ2v) is 9.11. The van der Waals surface area contributed by atoms with Gasteiger partial charge in [-0.25, -0.2) is 9.78 Å². The SMILES string of the molecule is Cc1c(CC(=O)Nc2nc(CC(=O)O)cs2)c(=O)oc2cc3c(cc12)CCC(C)(C)O3. The van der Waals surface area contributed by atoms with Crippen molar-refractivity contribution < 1.29 is 23.8 Å². The summed E-state index contributed by atoms with van der Waals surface area (Å²) >= 11 is 1.13. The van der Waals surface area contributed by atoms with Gasteiger partial charge in [0.25, 0.3) is 0 Å². The van der Waals surface area contributed by atoms with Gasteiger partial charge in [-0.1, -0.05) is 0 Å². The van der Waals surface area contributed by atoms with Gasteiger partial charge in [-0.15, -0.1) is 11.3 Å². The van der Waals surface area contributed by atoms with Crippen LogP contribution in [-0.4, -0.2) is 27.6 Å². The van der Waals surface area contributed by atoms with E-state index >= 15 is 0 Å². The van der Waals surface area contributed by atoms with E-state index in [1.807, 2.05) is 19.9 Å². The number of thiazole rings is 1. The van der Waals surface area contributed by atoms with E-state index < -0.39 is 17.5 Å². The number of carboxylic acids is 1. The molecule has 31 heavy (non-hydrogen) atoms. The maximum Gasteiger partial charge on any atom is 0.340 e. The summed E-state index contributed by atoms with van der Waals surface area (Å²) in [6, 6.07) is 3.72. The number of nitrogens with zero attached hydrogens (tertiary/aromatic N) is 1. The van der Waals surface area contributed by atoms with Crippen molar-refractivity contribution in [2.45, 2.75) is 52.1 Å². The first-order valence-corrected chi connectivity index (χ1v) is 10.7. The first kappa shape index (κ1) is 21.0. The minimum absolute atomic E-state index is 0.168. The third-order valence-electron chi connectivity index (χ3n) is 5.32. The molecule has 0 saturated heterocycles. The molecule has 1 aliphatic heterocycles. The fraction of sp³-hybridized carbons (Fsp3) is 0.364. The number of anilines is 1. The molecule has 9 heteroatoms. The van der Waals surface area contributed by atoms with Crippen molar-refractivity contribution in [2.24, 2.45) is 0 Å². The van der Waals surface area contributed by atoms with Gasteiger partial charge in [0.2, 0.25) is 5.91 Å². The number of aryl methyl sites for hydroxylation is 2. The van der Waals surface area contributed by atoms with E-state index in [-0.39, 0.29) is 29.1 Å². The lowest BCUT2D eigenvalue weighted by atomic mass is 9.92. The summed E-state index contributed by atoms with van der Waals surface area (Å²) in [6.45, 7) is 5.85. The predicted octanol–water partition coefficient (Wildman–Crippen LogP) is 3.47. The maximum absolute atomic E-state index is 12.6. The van der Waals surface area contributed by atoms with Gasteiger partial charge < -0.3 is 19.6 Å². The summed E-state index contributed by atoms with van der Waals surface area (Å²) < 4.78 is 11.5. The zero-order valence-corrected chi connectivity index (χ0v) is 18.2. The van der Waals surface area contributed by atoms with Crippen molar-refractivity contribution in [3.8, 4) is 5.75 Å². The number of carboxylic acid groups (broad SMARTS) is 1. The van der Waals surface area contributed by atoms with E-state index in [1.165, 1.54) is 0 Å². The number of rotatable bonds is 5. The van der Waals surface area contributed by atoms with Crippen LogP contribution in [0.5, 0.6) is 5.75 Å². The Morgan fingerprint density at radius 3 is 2.81 bits per heavy atom. The molecule has 2 N–H and O–H groups in total. The van der Waals surface area contributed by atoms with E-state index in [4.69, 9.17) is 14.3 Å². The van der Waals surface area contributed by atoms with Crippen LogP contribution in [0.1, 0.15) is 42.7 Å². The molecular formula is C22H22N2O6S. The van der Waals surface area contributed by atoms with Crippen LogP contribution < -0.4 is 15.7 Å². The standard InChI is InChI=1S/C22H22N2O6S/c1-11-14-6-12-4-5-22(2,3)30-16(12)9-17(14)29-20(28)15(11)8-18(25)24-21-23-13(10-31-21)7-19(26)27/h6,9-10H,4-5,7-8H2,1-3H3,(H,26,27)(H,23,24,25). The third kappa shape index (κ3) is 4.46. The van der Waals surface area contributed by atoms with E-state index in [2.05, 4.69) is 10.3 Å². The number of benzene rings is 1. The van der Waals surface area contributed by atoms with Crippen LogP contribution in [0.15, 0.2) is 26.7 Å². The highest BCUT2D eigenvalue weighted by molar-refractivity contribution is 7.13. The molecular weight excluding hydrogens is 420 g/mol. The summed E-state index contributed by atoms with van der Waals surface area (Å²) in [5.74, 6) is -0.699. The summed E-state index contributed by atoms with van der Waals surface area (Å²) in [6.07, 6.45) is 1.35. The van der Waals surface area contributed by atoms with Gasteiger partial charge in [-0.05, 0) is 50.8 Å². The number of ether oxygens (including phenoxy) is 1. The van der Waals surface area contributed by atoms with Crippen LogP contribution in [0.4, 0.5) is 5.13 Å². The van der Waals surface area contributed by atoms with Gasteiger partial charge in [0.15, 0.2) is 5.13 Å². The van der Waals surface area contributed by atoms with Crippen LogP contribution in [0.2, 0.25) is 0 Å². The minimum atomic E-state index is -0.997. The molecule has 0 radical (unpaired) electrons. The number of aliphatic carboxylic acids is 1. The number of amides is 1. The lowest BCUT2D eigenvalue weighted by Crippen LogP contribution is -2.32. The smallest absolute Gasteiger partial charge is 0.340 e. The predicted molar refractivity (Wildman–Crippen MR) is 116 cm³/mol. The first-order chi connectivity index (χ1) is 14.6. The average molecular weight is 442 g/mol. The molecule has 0 aliphatic carbocycles. The molecule has 8 nitrogen and oxygen atoms in total. The lowest BCUT2D eigenvalue weighted by molar-refractivity contribution is -0.136. The van der Waals surface area contributed by atoms with Gasteiger partial charge in [0.05, 0.1) is 24.1 Å². The fourth-order valence-electron chi connectivity index (χ4n) is 3.66. The van der Waals surface area contributed by atoms with E-state index in [0.29, 0.717) is 16.8 Å². The average Bonchev–Trinajstić information content (AvgIpc) is 3.09. The Bertz CT molecular complexity index is 1260. The Kier molecular flexibility index (Phi) is 5.30. The highest BCUT2D eigenvalue weighted by atomic mass is 32.1. The highest BCUT2D eigenvalue weighted by Gasteiger charge is 2.28. The fourth-order valence-corrected chi connectivity index (χ4v) is 4.39. The molecule has 0 atom stereocenters. The number of aromatic nitrogens is 1. The zero-order valence-electron chi connectivity index (χ0n) is 17.4. The summed E-state index contributed by atoms with van der Waals surface area (Å²) in [5, 5.41) is 14.1. The van der Waals surface area contributed by atoms with Gasteiger partial charge in [-0.3, -0.25) is 9.59 Å². The molecule has 0 unspecified atom stereocenters. The Morgan fingerprint density at radius 2 is 2.06 bits per heavy atom. The molecule has 3 aromatic rings. The summed E-state index contributed by atoms with van der Waals surface area (Å²) in [4.78, 5) is 39.9. The van der Waals surface area contributed by atoms with Crippen molar-refractivity contribution in [2.75, 3.05) is 5.32 Å². The van der Waals surface area contributed by atoms with Crippen molar-refractivity contribution in [3.05, 3.63) is 50.3 Å². The second-order valence-electron chi connectivity index (χ2n) is 8.25. The van der Waals surface area contributed by atoms with E-state index in [0.717, 1.165) is 40.9 Å². The number of hydrogen-bond acceptors (Lipinski definition) is 7. The molecule has 1 amide bonds. The van der Waals surface area contributed by atoms with Crippen molar-refractivity contribution >= 4 is 39.3 Å². The van der Waals surface area contributed by atoms with Crippen LogP contribution in [0.25, 0.3) is 11.0 Å². The molecule has 2 aromatic heterocycles. The Hall–Kier alpha value is -3.20. The zero-order chi connectivity index (χ0) is 22.3. The van der Waals surface area contributed by atoms with Crippen molar-refractivity contribution in [1.29, 1.82) is 0 Å². The van der Waals surface area contributed by atoms with Gasteiger partial charge in [0.1, 0.15) is 16.9 Å². The lowest BCUT2D eigenvalue weighted by Gasteiger charge is -2.32. The summed E-state index contributed by atoms with van der Waals surface area (Å²) in [7, 11) is 0. The molecule has 1 aromatic carbocycles. The number of nitrogens with one attached hydrogen (secondary N) is 1. The van der Waals surface area contributed by atoms with Gasteiger partial charge in [0, 0.05) is 16.8 Å². The van der Waals surface area contributed by atoms with Crippen LogP contribution in [-0.2, 0) is 28.9 Å². The highest BCUT2D eigenvalue weighted by Crippen LogP contribution is 2.36. The molecule has 1 aliphatic rings. The third-order valence-corrected chi connectivity index (χ3v) is 6.13. The molecule has 0 saturated carbocycles. The normalized spacial score (nSPS) is 14.7. The molecule has 162 valence electrons. The molecule has 0 spiro atoms. The molecule has 0 bridgehead atoms. The number of carbonyl (C=O) groups is 2. The number of hydrogen-bond donors (Lipinski definition) is 2. The van der Waals surface area contributed by atoms with Crippen LogP contribution >= 0.6 is 11.3 Å². The molecule has 3 heterocycles. The molecule has 0 fully saturated rings. The van der Waals surface area contributed by atoms with Crippen molar-refractivity contribution in [1.82, 2.24) is 4.98 Å². The Labute approximate surface area is 181 Å². The largest absolute Gasteiger partial charge is 0.487 e. The summed E-state index contributed by atoms with van der Waals surface area (Å²) in [5.41, 5.74) is 1.98. The van der Waals surface area contributed by atoms with Gasteiger partial charge in [-0.2, -0.15) is 0 Å². The minimum Gasteiger partial charge on any atom is -0.487 e. The van der Waals surface area contributed by atoms with Gasteiger partial charge >= 0.3 is 11.6 Å². The number of carbonyl (C=O) groups excluding carboxylic acids is 1. The Balaban J connectivity index is 1.59.